The van der Waals surface area contributed by atoms with E-state index in [0.717, 1.165) is 0 Å². The zero-order valence-corrected chi connectivity index (χ0v) is 24.0. The normalized spacial score (nSPS) is 5.54. The molecule has 36 nitrogen and oxygen atoms in total. The van der Waals surface area contributed by atoms with Crippen molar-refractivity contribution in [1.29, 1.82) is 0 Å². The summed E-state index contributed by atoms with van der Waals surface area (Å²) >= 11 is 0. The molecule has 1 radical (unpaired) electrons. The molecule has 0 rings (SSSR count). The molecular formula is CeLuN9O27Y. The third-order valence-corrected chi connectivity index (χ3v) is 0. The molecular weight excluding hydrogens is 962 g/mol. The van der Waals surface area contributed by atoms with E-state index >= 15 is 0 Å². The first-order valence-electron chi connectivity index (χ1n) is 4.93. The van der Waals surface area contributed by atoms with Crippen LogP contribution >= 0.6 is 0 Å². The van der Waals surface area contributed by atoms with Crippen LogP contribution in [0.4, 0.5) is 0 Å². The van der Waals surface area contributed by atoms with E-state index in [1.807, 2.05) is 0 Å². The van der Waals surface area contributed by atoms with Crippen LogP contribution in [0.5, 0.6) is 0 Å². The van der Waals surface area contributed by atoms with Crippen molar-refractivity contribution in [1.82, 2.24) is 0 Å². The molecule has 39 heavy (non-hydrogen) atoms. The second-order valence-electron chi connectivity index (χ2n) is 2.01. The fourth-order valence-corrected chi connectivity index (χ4v) is 0. The number of hydrogen-bond acceptors (Lipinski definition) is 27. The van der Waals surface area contributed by atoms with Crippen LogP contribution in [0.3, 0.4) is 0 Å². The summed E-state index contributed by atoms with van der Waals surface area (Å²) in [5.74, 6) is 0. The van der Waals surface area contributed by atoms with Gasteiger partial charge in [0.1, 0.15) is 0 Å². The molecule has 0 aromatic rings. The summed E-state index contributed by atoms with van der Waals surface area (Å²) in [6.45, 7) is 0. The Balaban J connectivity index is -0.0000000208. The first kappa shape index (κ1) is 76.5. The minimum absolute atomic E-state index is 0. The number of hydrogen-bond donors (Lipinski definition) is 0. The van der Waals surface area contributed by atoms with E-state index in [-0.39, 0.29) is 111 Å². The molecule has 0 aliphatic rings. The van der Waals surface area contributed by atoms with Gasteiger partial charge in [-0.2, -0.15) is 0 Å². The molecule has 0 aliphatic carbocycles. The maximum atomic E-state index is 8.25. The Labute approximate surface area is 292 Å². The predicted octanol–water partition coefficient (Wildman–Crippen LogP) is -2.15. The molecule has 0 heterocycles. The molecule has 0 atom stereocenters. The first-order valence-corrected chi connectivity index (χ1v) is 4.93. The van der Waals surface area contributed by atoms with Crippen molar-refractivity contribution >= 4 is 0 Å². The van der Waals surface area contributed by atoms with Gasteiger partial charge >= 0.3 is 111 Å². The van der Waals surface area contributed by atoms with E-state index in [4.69, 9.17) is 138 Å². The largest absolute Gasteiger partial charge is 3.00 e. The molecule has 229 valence electrons. The van der Waals surface area contributed by atoms with Crippen LogP contribution in [0.15, 0.2) is 0 Å². The number of rotatable bonds is 0. The quantitative estimate of drug-likeness (QED) is 0.184. The SMILES string of the molecule is O=[N+]([O-])[O-].O=[N+]([O-])[O-].O=[N+]([O-])[O-].O=[N+]([O-])[O-].O=[N+]([O-])[O-].O=[N+]([O-])[O-].O=[N+]([O-])[O-].O=[N+]([O-])[O-].O=[N+]([O-])[O-].[Ce+3].[Lu+3].[Y+3]. The zero-order valence-electron chi connectivity index (χ0n) is 16.4. The van der Waals surface area contributed by atoms with E-state index < -0.39 is 45.8 Å². The Morgan fingerprint density at radius 1 is 0.231 bits per heavy atom. The van der Waals surface area contributed by atoms with Crippen LogP contribution in [0.1, 0.15) is 0 Å². The molecule has 0 aromatic carbocycles. The van der Waals surface area contributed by atoms with Crippen molar-refractivity contribution in [3.05, 3.63) is 138 Å². The van der Waals surface area contributed by atoms with E-state index in [0.29, 0.717) is 0 Å². The van der Waals surface area contributed by atoms with Gasteiger partial charge < -0.3 is 138 Å². The Morgan fingerprint density at radius 2 is 0.231 bits per heavy atom. The van der Waals surface area contributed by atoms with Gasteiger partial charge in [-0.25, -0.2) is 0 Å². The van der Waals surface area contributed by atoms with E-state index in [1.54, 1.807) is 0 Å². The summed E-state index contributed by atoms with van der Waals surface area (Å²) < 4.78 is 0. The van der Waals surface area contributed by atoms with Crippen LogP contribution in [-0.4, -0.2) is 45.8 Å². The molecule has 0 aliphatic heterocycles. The third-order valence-electron chi connectivity index (χ3n) is 0. The summed E-state index contributed by atoms with van der Waals surface area (Å²) in [5, 5.41) is 133. The molecule has 0 unspecified atom stereocenters. The Hall–Kier alpha value is -3.49. The summed E-state index contributed by atoms with van der Waals surface area (Å²) in [7, 11) is 0. The van der Waals surface area contributed by atoms with E-state index in [9.17, 15) is 0 Å². The van der Waals surface area contributed by atoms with Gasteiger partial charge in [0.05, 0.1) is 45.8 Å². The van der Waals surface area contributed by atoms with Gasteiger partial charge in [-0.15, -0.1) is 0 Å². The van der Waals surface area contributed by atoms with Crippen LogP contribution in [-0.2, 0) is 32.7 Å². The molecule has 0 bridgehead atoms. The molecule has 0 saturated carbocycles. The fourth-order valence-electron chi connectivity index (χ4n) is 0. The predicted molar refractivity (Wildman–Crippen MR) is 93.3 cm³/mol. The maximum Gasteiger partial charge on any atom is 3.00 e. The smallest absolute Gasteiger partial charge is 0.356 e. The van der Waals surface area contributed by atoms with Crippen LogP contribution in [0.25, 0.3) is 0 Å². The first-order chi connectivity index (χ1) is 15.6. The zero-order chi connectivity index (χ0) is 32.2. The Kier molecular flexibility index (Phi) is 138. The van der Waals surface area contributed by atoms with Gasteiger partial charge in [0.25, 0.3) is 0 Å². The van der Waals surface area contributed by atoms with E-state index in [1.165, 1.54) is 0 Å². The van der Waals surface area contributed by atoms with Crippen LogP contribution < -0.4 is 0 Å². The average Bonchev–Trinajstić information content (AvgIpc) is 2.39. The van der Waals surface area contributed by atoms with E-state index in [2.05, 4.69) is 0 Å². The van der Waals surface area contributed by atoms with Gasteiger partial charge in [0, 0.05) is 0 Å². The molecule has 0 spiro atoms. The summed E-state index contributed by atoms with van der Waals surface area (Å²) in [5.41, 5.74) is 0. The minimum Gasteiger partial charge on any atom is -0.356 e. The van der Waals surface area contributed by atoms with Crippen molar-refractivity contribution in [3.8, 4) is 0 Å². The third kappa shape index (κ3) is 3000. The van der Waals surface area contributed by atoms with Crippen molar-refractivity contribution < 1.29 is 157 Å². The molecule has 0 saturated heterocycles. The summed E-state index contributed by atoms with van der Waals surface area (Å²) in [6, 6.07) is 0. The Morgan fingerprint density at radius 3 is 0.231 bits per heavy atom. The van der Waals surface area contributed by atoms with Crippen molar-refractivity contribution in [2.45, 2.75) is 0 Å². The van der Waals surface area contributed by atoms with Crippen LogP contribution in [0.2, 0.25) is 0 Å². The molecule has 0 fully saturated rings. The van der Waals surface area contributed by atoms with Crippen molar-refractivity contribution in [2.24, 2.45) is 0 Å². The standard InChI is InChI=1S/Ce.Lu.9NO3.Y/c;;9*2-1(3)4;/q2*+3;9*-1;+3. The second kappa shape index (κ2) is 70.1. The minimum atomic E-state index is -1.75. The van der Waals surface area contributed by atoms with Gasteiger partial charge in [0.2, 0.25) is 0 Å². The monoisotopic (exact) mass is 962 g/mol. The summed E-state index contributed by atoms with van der Waals surface area (Å²) in [4.78, 5) is 74.2. The van der Waals surface area contributed by atoms with Crippen molar-refractivity contribution in [2.75, 3.05) is 0 Å². The molecule has 0 aromatic heterocycles. The molecule has 39 heteroatoms. The Bertz CT molecular complexity index is 428. The van der Waals surface area contributed by atoms with Gasteiger partial charge in [0.15, 0.2) is 0 Å². The van der Waals surface area contributed by atoms with Gasteiger partial charge in [-0.05, 0) is 0 Å². The molecule has 0 N–H and O–H groups in total. The molecule has 0 amide bonds. The maximum absolute atomic E-state index is 8.25. The van der Waals surface area contributed by atoms with Gasteiger partial charge in [-0.3, -0.25) is 0 Å². The topological polar surface area (TPSA) is 596 Å². The fraction of sp³-hybridized carbons (Fsp3) is 0. The average molecular weight is 962 g/mol. The summed E-state index contributed by atoms with van der Waals surface area (Å²) in [6.07, 6.45) is 0. The van der Waals surface area contributed by atoms with Crippen molar-refractivity contribution in [3.63, 3.8) is 0 Å². The van der Waals surface area contributed by atoms with Crippen LogP contribution in [0, 0.1) is 217 Å². The number of nitrogens with zero attached hydrogens (tertiary/aromatic N) is 9. The second-order valence-corrected chi connectivity index (χ2v) is 2.01. The van der Waals surface area contributed by atoms with Gasteiger partial charge in [-0.1, -0.05) is 0 Å².